The highest BCUT2D eigenvalue weighted by Gasteiger charge is 2.07. The van der Waals surface area contributed by atoms with Crippen molar-refractivity contribution in [3.05, 3.63) is 18.2 Å². The number of benzene rings is 1. The van der Waals surface area contributed by atoms with Crippen LogP contribution in [0.1, 0.15) is 13.3 Å². The van der Waals surface area contributed by atoms with Crippen LogP contribution in [-0.4, -0.2) is 40.0 Å². The van der Waals surface area contributed by atoms with Crippen LogP contribution in [0.25, 0.3) is 0 Å². The van der Waals surface area contributed by atoms with Gasteiger partial charge in [0.15, 0.2) is 11.5 Å². The fourth-order valence-electron chi connectivity index (χ4n) is 1.62. The van der Waals surface area contributed by atoms with Crippen molar-refractivity contribution < 1.29 is 19.0 Å². The van der Waals surface area contributed by atoms with Crippen LogP contribution in [0.5, 0.6) is 11.5 Å². The summed E-state index contributed by atoms with van der Waals surface area (Å²) in [7, 11) is 3.21. The van der Waals surface area contributed by atoms with Crippen LogP contribution in [-0.2, 0) is 4.74 Å². The van der Waals surface area contributed by atoms with Crippen LogP contribution >= 0.6 is 0 Å². The van der Waals surface area contributed by atoms with Gasteiger partial charge in [-0.1, -0.05) is 0 Å². The molecule has 1 rings (SSSR count). The number of methoxy groups -OCH3 is 2. The number of urea groups is 1. The van der Waals surface area contributed by atoms with Gasteiger partial charge in [0.1, 0.15) is 0 Å². The lowest BCUT2D eigenvalue weighted by atomic mass is 10.2. The number of carbonyl (C=O) groups excluding carboxylic acids is 1. The highest BCUT2D eigenvalue weighted by molar-refractivity contribution is 5.89. The maximum absolute atomic E-state index is 11.7. The largest absolute Gasteiger partial charge is 0.493 e. The number of anilines is 1. The van der Waals surface area contributed by atoms with Crippen molar-refractivity contribution in [2.24, 2.45) is 0 Å². The molecule has 112 valence electrons. The molecule has 0 bridgehead atoms. The number of carbonyl (C=O) groups is 1. The Morgan fingerprint density at radius 1 is 1.25 bits per heavy atom. The highest BCUT2D eigenvalue weighted by Crippen LogP contribution is 2.30. The van der Waals surface area contributed by atoms with Crippen molar-refractivity contribution in [3.8, 4) is 11.5 Å². The molecule has 0 aromatic heterocycles. The summed E-state index contributed by atoms with van der Waals surface area (Å²) in [4.78, 5) is 11.7. The van der Waals surface area contributed by atoms with Gasteiger partial charge in [-0.2, -0.15) is 0 Å². The molecule has 6 heteroatoms. The van der Waals surface area contributed by atoms with Crippen LogP contribution in [0.4, 0.5) is 10.5 Å². The third-order valence-corrected chi connectivity index (χ3v) is 2.53. The van der Waals surface area contributed by atoms with Gasteiger partial charge >= 0.3 is 6.03 Å². The van der Waals surface area contributed by atoms with Crippen molar-refractivity contribution in [3.63, 3.8) is 0 Å². The molecule has 6 nitrogen and oxygen atoms in total. The average Bonchev–Trinajstić information content (AvgIpc) is 2.44. The van der Waals surface area contributed by atoms with Crippen LogP contribution in [0.15, 0.2) is 18.2 Å². The standard InChI is InChI=1S/C14H22N2O4/c1-4-20-13-10-11(6-7-12(13)19-3)16-14(17)15-8-5-9-18-2/h6-7,10H,4-5,8-9H2,1-3H3,(H2,15,16,17). The van der Waals surface area contributed by atoms with E-state index in [1.54, 1.807) is 32.4 Å². The van der Waals surface area contributed by atoms with E-state index >= 15 is 0 Å². The van der Waals surface area contributed by atoms with Crippen LogP contribution < -0.4 is 20.1 Å². The minimum absolute atomic E-state index is 0.256. The normalized spacial score (nSPS) is 9.95. The summed E-state index contributed by atoms with van der Waals surface area (Å²) in [5, 5.41) is 5.49. The first-order chi connectivity index (χ1) is 9.71. The molecular weight excluding hydrogens is 260 g/mol. The lowest BCUT2D eigenvalue weighted by Crippen LogP contribution is -2.30. The van der Waals surface area contributed by atoms with Crippen molar-refractivity contribution >= 4 is 11.7 Å². The van der Waals surface area contributed by atoms with Gasteiger partial charge in [-0.25, -0.2) is 4.79 Å². The number of ether oxygens (including phenoxy) is 3. The average molecular weight is 282 g/mol. The van der Waals surface area contributed by atoms with Gasteiger partial charge in [0.25, 0.3) is 0 Å². The molecule has 0 fully saturated rings. The first-order valence-corrected chi connectivity index (χ1v) is 6.55. The van der Waals surface area contributed by atoms with Gasteiger partial charge < -0.3 is 24.8 Å². The molecule has 0 unspecified atom stereocenters. The SMILES string of the molecule is CCOc1cc(NC(=O)NCCCOC)ccc1OC. The zero-order valence-electron chi connectivity index (χ0n) is 12.2. The Bertz CT molecular complexity index is 424. The van der Waals surface area contributed by atoms with Gasteiger partial charge in [0.2, 0.25) is 0 Å². The minimum atomic E-state index is -0.256. The van der Waals surface area contributed by atoms with E-state index in [0.717, 1.165) is 6.42 Å². The third kappa shape index (κ3) is 5.36. The molecule has 0 atom stereocenters. The Balaban J connectivity index is 2.54. The summed E-state index contributed by atoms with van der Waals surface area (Å²) in [5.41, 5.74) is 0.651. The predicted molar refractivity (Wildman–Crippen MR) is 77.7 cm³/mol. The number of amides is 2. The van der Waals surface area contributed by atoms with E-state index in [2.05, 4.69) is 10.6 Å². The third-order valence-electron chi connectivity index (χ3n) is 2.53. The Kier molecular flexibility index (Phi) is 7.27. The molecule has 20 heavy (non-hydrogen) atoms. The van der Waals surface area contributed by atoms with Crippen molar-refractivity contribution in [2.45, 2.75) is 13.3 Å². The van der Waals surface area contributed by atoms with E-state index in [0.29, 0.717) is 36.9 Å². The van der Waals surface area contributed by atoms with Gasteiger partial charge in [0.05, 0.1) is 13.7 Å². The molecule has 0 radical (unpaired) electrons. The number of nitrogens with one attached hydrogen (secondary N) is 2. The summed E-state index contributed by atoms with van der Waals surface area (Å²) in [5.74, 6) is 1.24. The molecular formula is C14H22N2O4. The Labute approximate surface area is 119 Å². The van der Waals surface area contributed by atoms with Crippen molar-refractivity contribution in [1.82, 2.24) is 5.32 Å². The maximum atomic E-state index is 11.7. The second-order valence-corrected chi connectivity index (χ2v) is 4.03. The number of hydrogen-bond donors (Lipinski definition) is 2. The fourth-order valence-corrected chi connectivity index (χ4v) is 1.62. The maximum Gasteiger partial charge on any atom is 0.319 e. The van der Waals surface area contributed by atoms with Crippen molar-refractivity contribution in [2.75, 3.05) is 39.3 Å². The molecule has 0 saturated carbocycles. The molecule has 0 aliphatic rings. The summed E-state index contributed by atoms with van der Waals surface area (Å²) in [6.07, 6.45) is 0.775. The molecule has 1 aromatic carbocycles. The summed E-state index contributed by atoms with van der Waals surface area (Å²) in [6.45, 7) is 3.61. The second-order valence-electron chi connectivity index (χ2n) is 4.03. The summed E-state index contributed by atoms with van der Waals surface area (Å²) >= 11 is 0. The molecule has 1 aromatic rings. The topological polar surface area (TPSA) is 68.8 Å². The highest BCUT2D eigenvalue weighted by atomic mass is 16.5. The van der Waals surface area contributed by atoms with Gasteiger partial charge in [-0.15, -0.1) is 0 Å². The van der Waals surface area contributed by atoms with E-state index in [1.165, 1.54) is 0 Å². The monoisotopic (exact) mass is 282 g/mol. The lowest BCUT2D eigenvalue weighted by molar-refractivity contribution is 0.194. The predicted octanol–water partition coefficient (Wildman–Crippen LogP) is 2.25. The lowest BCUT2D eigenvalue weighted by Gasteiger charge is -2.12. The van der Waals surface area contributed by atoms with E-state index in [-0.39, 0.29) is 6.03 Å². The van der Waals surface area contributed by atoms with E-state index in [9.17, 15) is 4.79 Å². The number of hydrogen-bond acceptors (Lipinski definition) is 4. The minimum Gasteiger partial charge on any atom is -0.493 e. The Morgan fingerprint density at radius 3 is 2.70 bits per heavy atom. The zero-order valence-corrected chi connectivity index (χ0v) is 12.2. The molecule has 2 N–H and O–H groups in total. The smallest absolute Gasteiger partial charge is 0.319 e. The van der Waals surface area contributed by atoms with Crippen LogP contribution in [0.2, 0.25) is 0 Å². The molecule has 0 saturated heterocycles. The molecule has 0 heterocycles. The molecule has 0 aliphatic heterocycles. The van der Waals surface area contributed by atoms with Gasteiger partial charge in [-0.3, -0.25) is 0 Å². The number of rotatable bonds is 8. The van der Waals surface area contributed by atoms with Gasteiger partial charge in [0, 0.05) is 32.0 Å². The second kappa shape index (κ2) is 9.03. The fraction of sp³-hybridized carbons (Fsp3) is 0.500. The quantitative estimate of drug-likeness (QED) is 0.718. The Hall–Kier alpha value is -1.95. The van der Waals surface area contributed by atoms with Crippen molar-refractivity contribution in [1.29, 1.82) is 0 Å². The first kappa shape index (κ1) is 16.1. The van der Waals surface area contributed by atoms with E-state index in [4.69, 9.17) is 14.2 Å². The van der Waals surface area contributed by atoms with Gasteiger partial charge in [-0.05, 0) is 25.5 Å². The molecule has 0 aliphatic carbocycles. The van der Waals surface area contributed by atoms with E-state index < -0.39 is 0 Å². The van der Waals surface area contributed by atoms with Crippen LogP contribution in [0, 0.1) is 0 Å². The summed E-state index contributed by atoms with van der Waals surface area (Å²) in [6, 6.07) is 4.99. The van der Waals surface area contributed by atoms with Crippen LogP contribution in [0.3, 0.4) is 0 Å². The zero-order chi connectivity index (χ0) is 14.8. The van der Waals surface area contributed by atoms with E-state index in [1.807, 2.05) is 6.92 Å². The summed E-state index contributed by atoms with van der Waals surface area (Å²) < 4.78 is 15.5. The Morgan fingerprint density at radius 2 is 2.05 bits per heavy atom. The molecule has 2 amide bonds. The molecule has 0 spiro atoms. The first-order valence-electron chi connectivity index (χ1n) is 6.55.